The van der Waals surface area contributed by atoms with Crippen LogP contribution >= 0.6 is 0 Å². The van der Waals surface area contributed by atoms with Gasteiger partial charge in [-0.15, -0.1) is 0 Å². The maximum atomic E-state index is 3.88. The van der Waals surface area contributed by atoms with Crippen molar-refractivity contribution in [1.29, 1.82) is 0 Å². The molecule has 0 aromatic heterocycles. The molecule has 2 nitrogen and oxygen atoms in total. The minimum atomic E-state index is 0.243. The summed E-state index contributed by atoms with van der Waals surface area (Å²) < 4.78 is 0. The third-order valence-corrected chi connectivity index (χ3v) is 5.75. The highest BCUT2D eigenvalue weighted by Gasteiger charge is 2.43. The Morgan fingerprint density at radius 3 is 2.48 bits per heavy atom. The summed E-state index contributed by atoms with van der Waals surface area (Å²) in [4.78, 5) is 2.71. The molecule has 1 aromatic carbocycles. The monoisotopic (exact) mass is 286 g/mol. The van der Waals surface area contributed by atoms with Crippen molar-refractivity contribution in [3.8, 4) is 0 Å². The smallest absolute Gasteiger partial charge is 0.0309 e. The molecule has 2 aliphatic rings. The van der Waals surface area contributed by atoms with E-state index < -0.39 is 0 Å². The van der Waals surface area contributed by atoms with E-state index in [0.717, 1.165) is 13.1 Å². The standard InChI is InChI=1S/C19H30N2/c1-15-7-8-17(11-16(15)2)12-21-14-19(9-5-6-10-19)20-13-18(21,3)4/h7-8,11,20H,5-6,9-10,12-14H2,1-4H3. The van der Waals surface area contributed by atoms with Crippen molar-refractivity contribution in [2.24, 2.45) is 0 Å². The van der Waals surface area contributed by atoms with Gasteiger partial charge in [0.15, 0.2) is 0 Å². The summed E-state index contributed by atoms with van der Waals surface area (Å²) in [5, 5.41) is 3.88. The molecular weight excluding hydrogens is 256 g/mol. The van der Waals surface area contributed by atoms with Gasteiger partial charge in [-0.2, -0.15) is 0 Å². The predicted octanol–water partition coefficient (Wildman–Crippen LogP) is 3.80. The van der Waals surface area contributed by atoms with Crippen LogP contribution in [0.25, 0.3) is 0 Å². The van der Waals surface area contributed by atoms with Gasteiger partial charge < -0.3 is 5.32 Å². The zero-order valence-corrected chi connectivity index (χ0v) is 14.1. The van der Waals surface area contributed by atoms with Crippen LogP contribution in [0.4, 0.5) is 0 Å². The van der Waals surface area contributed by atoms with Crippen LogP contribution in [-0.4, -0.2) is 29.1 Å². The lowest BCUT2D eigenvalue weighted by Crippen LogP contribution is -2.66. The number of hydrogen-bond donors (Lipinski definition) is 1. The largest absolute Gasteiger partial charge is 0.308 e. The van der Waals surface area contributed by atoms with Gasteiger partial charge in [0.1, 0.15) is 0 Å². The molecule has 0 bridgehead atoms. The zero-order chi connectivity index (χ0) is 15.1. The summed E-state index contributed by atoms with van der Waals surface area (Å²) in [6.07, 6.45) is 5.49. The van der Waals surface area contributed by atoms with Crippen molar-refractivity contribution in [2.45, 2.75) is 71.0 Å². The molecule has 0 amide bonds. The Morgan fingerprint density at radius 1 is 1.10 bits per heavy atom. The van der Waals surface area contributed by atoms with Crippen LogP contribution in [0.5, 0.6) is 0 Å². The highest BCUT2D eigenvalue weighted by Crippen LogP contribution is 2.36. The second kappa shape index (κ2) is 5.40. The van der Waals surface area contributed by atoms with Crippen molar-refractivity contribution in [3.63, 3.8) is 0 Å². The number of piperazine rings is 1. The Morgan fingerprint density at radius 2 is 1.81 bits per heavy atom. The Kier molecular flexibility index (Phi) is 3.87. The Balaban J connectivity index is 1.78. The molecule has 2 heteroatoms. The number of hydrogen-bond acceptors (Lipinski definition) is 2. The first-order chi connectivity index (χ1) is 9.90. The first-order valence-corrected chi connectivity index (χ1v) is 8.47. The van der Waals surface area contributed by atoms with E-state index in [1.165, 1.54) is 48.9 Å². The molecule has 2 fully saturated rings. The van der Waals surface area contributed by atoms with Gasteiger partial charge in [-0.3, -0.25) is 4.90 Å². The van der Waals surface area contributed by atoms with Crippen LogP contribution in [0.1, 0.15) is 56.2 Å². The summed E-state index contributed by atoms with van der Waals surface area (Å²) in [6.45, 7) is 12.6. The van der Waals surface area contributed by atoms with E-state index in [1.807, 2.05) is 0 Å². The Bertz CT molecular complexity index is 512. The fourth-order valence-electron chi connectivity index (χ4n) is 3.93. The average Bonchev–Trinajstić information content (AvgIpc) is 2.88. The van der Waals surface area contributed by atoms with Crippen LogP contribution in [-0.2, 0) is 6.54 Å². The lowest BCUT2D eigenvalue weighted by molar-refractivity contribution is 0.0217. The maximum absolute atomic E-state index is 3.88. The van der Waals surface area contributed by atoms with Crippen molar-refractivity contribution in [2.75, 3.05) is 13.1 Å². The van der Waals surface area contributed by atoms with E-state index in [1.54, 1.807) is 0 Å². The molecule has 1 aliphatic heterocycles. The van der Waals surface area contributed by atoms with Crippen molar-refractivity contribution in [1.82, 2.24) is 10.2 Å². The van der Waals surface area contributed by atoms with Crippen molar-refractivity contribution >= 4 is 0 Å². The number of nitrogens with one attached hydrogen (secondary N) is 1. The summed E-state index contributed by atoms with van der Waals surface area (Å²) in [5.74, 6) is 0. The SMILES string of the molecule is Cc1ccc(CN2CC3(CCCC3)NCC2(C)C)cc1C. The van der Waals surface area contributed by atoms with Crippen LogP contribution in [0, 0.1) is 13.8 Å². The Labute approximate surface area is 129 Å². The molecule has 1 saturated carbocycles. The maximum Gasteiger partial charge on any atom is 0.0309 e. The molecule has 0 atom stereocenters. The molecule has 1 N–H and O–H groups in total. The fourth-order valence-corrected chi connectivity index (χ4v) is 3.93. The third kappa shape index (κ3) is 3.02. The van der Waals surface area contributed by atoms with Gasteiger partial charge in [-0.25, -0.2) is 0 Å². The van der Waals surface area contributed by atoms with E-state index in [2.05, 4.69) is 56.1 Å². The minimum Gasteiger partial charge on any atom is -0.308 e. The van der Waals surface area contributed by atoms with Gasteiger partial charge in [0.2, 0.25) is 0 Å². The number of rotatable bonds is 2. The van der Waals surface area contributed by atoms with Crippen LogP contribution in [0.2, 0.25) is 0 Å². The normalized spacial score (nSPS) is 24.6. The Hall–Kier alpha value is -0.860. The van der Waals surface area contributed by atoms with E-state index >= 15 is 0 Å². The summed E-state index contributed by atoms with van der Waals surface area (Å²) in [7, 11) is 0. The molecular formula is C19H30N2. The summed E-state index contributed by atoms with van der Waals surface area (Å²) in [6, 6.07) is 6.95. The molecule has 0 radical (unpaired) electrons. The zero-order valence-electron chi connectivity index (χ0n) is 14.1. The second-order valence-electron chi connectivity index (χ2n) is 7.93. The van der Waals surface area contributed by atoms with Crippen molar-refractivity contribution in [3.05, 3.63) is 34.9 Å². The number of aryl methyl sites for hydroxylation is 2. The van der Waals surface area contributed by atoms with E-state index in [4.69, 9.17) is 0 Å². The highest BCUT2D eigenvalue weighted by molar-refractivity contribution is 5.30. The number of benzene rings is 1. The lowest BCUT2D eigenvalue weighted by Gasteiger charge is -2.51. The topological polar surface area (TPSA) is 15.3 Å². The number of nitrogens with zero attached hydrogens (tertiary/aromatic N) is 1. The van der Waals surface area contributed by atoms with Gasteiger partial charge in [0.05, 0.1) is 0 Å². The first-order valence-electron chi connectivity index (χ1n) is 8.47. The molecule has 1 aliphatic carbocycles. The molecule has 0 unspecified atom stereocenters. The van der Waals surface area contributed by atoms with Crippen LogP contribution in [0.3, 0.4) is 0 Å². The third-order valence-electron chi connectivity index (χ3n) is 5.75. The van der Waals surface area contributed by atoms with Gasteiger partial charge in [-0.1, -0.05) is 31.0 Å². The van der Waals surface area contributed by atoms with E-state index in [0.29, 0.717) is 5.54 Å². The summed E-state index contributed by atoms with van der Waals surface area (Å²) >= 11 is 0. The van der Waals surface area contributed by atoms with E-state index in [-0.39, 0.29) is 5.54 Å². The predicted molar refractivity (Wildman–Crippen MR) is 89.6 cm³/mol. The van der Waals surface area contributed by atoms with Gasteiger partial charge >= 0.3 is 0 Å². The molecule has 1 spiro atoms. The molecule has 1 saturated heterocycles. The minimum absolute atomic E-state index is 0.243. The second-order valence-corrected chi connectivity index (χ2v) is 7.93. The van der Waals surface area contributed by atoms with Crippen LogP contribution < -0.4 is 5.32 Å². The molecule has 21 heavy (non-hydrogen) atoms. The fraction of sp³-hybridized carbons (Fsp3) is 0.684. The molecule has 116 valence electrons. The highest BCUT2D eigenvalue weighted by atomic mass is 15.3. The van der Waals surface area contributed by atoms with E-state index in [9.17, 15) is 0 Å². The lowest BCUT2D eigenvalue weighted by atomic mass is 9.87. The van der Waals surface area contributed by atoms with Gasteiger partial charge in [0, 0.05) is 30.7 Å². The summed E-state index contributed by atoms with van der Waals surface area (Å²) in [5.41, 5.74) is 4.91. The molecule has 1 heterocycles. The molecule has 1 aromatic rings. The van der Waals surface area contributed by atoms with Gasteiger partial charge in [0.25, 0.3) is 0 Å². The first kappa shape index (κ1) is 15.1. The molecule has 3 rings (SSSR count). The van der Waals surface area contributed by atoms with Crippen LogP contribution in [0.15, 0.2) is 18.2 Å². The quantitative estimate of drug-likeness (QED) is 0.889. The van der Waals surface area contributed by atoms with Gasteiger partial charge in [-0.05, 0) is 57.2 Å². The van der Waals surface area contributed by atoms with Crippen molar-refractivity contribution < 1.29 is 0 Å². The average molecular weight is 286 g/mol.